The van der Waals surface area contributed by atoms with Gasteiger partial charge in [-0.3, -0.25) is 4.79 Å². The SMILES string of the molecule is CN1CCCC(CC(N)C(=O)O)C1. The van der Waals surface area contributed by atoms with E-state index in [4.69, 9.17) is 10.8 Å². The molecule has 3 N–H and O–H groups in total. The monoisotopic (exact) mass is 186 g/mol. The molecule has 0 radical (unpaired) electrons. The number of likely N-dealkylation sites (tertiary alicyclic amines) is 1. The highest BCUT2D eigenvalue weighted by Crippen LogP contribution is 2.19. The summed E-state index contributed by atoms with van der Waals surface area (Å²) >= 11 is 0. The van der Waals surface area contributed by atoms with Crippen LogP contribution in [-0.4, -0.2) is 42.2 Å². The number of carboxylic acids is 1. The smallest absolute Gasteiger partial charge is 0.320 e. The molecule has 0 aromatic heterocycles. The molecular weight excluding hydrogens is 168 g/mol. The Morgan fingerprint density at radius 3 is 3.00 bits per heavy atom. The van der Waals surface area contributed by atoms with Crippen LogP contribution in [0.4, 0.5) is 0 Å². The Balaban J connectivity index is 2.31. The van der Waals surface area contributed by atoms with Gasteiger partial charge in [-0.05, 0) is 38.8 Å². The molecule has 0 aliphatic carbocycles. The third kappa shape index (κ3) is 3.32. The van der Waals surface area contributed by atoms with Gasteiger partial charge in [-0.1, -0.05) is 0 Å². The molecule has 1 heterocycles. The van der Waals surface area contributed by atoms with Crippen molar-refractivity contribution in [2.45, 2.75) is 25.3 Å². The second-order valence-electron chi connectivity index (χ2n) is 3.95. The summed E-state index contributed by atoms with van der Waals surface area (Å²) in [6, 6.07) is -0.684. The van der Waals surface area contributed by atoms with E-state index in [-0.39, 0.29) is 0 Å². The van der Waals surface area contributed by atoms with E-state index < -0.39 is 12.0 Å². The molecule has 1 rings (SSSR count). The van der Waals surface area contributed by atoms with E-state index in [9.17, 15) is 4.79 Å². The van der Waals surface area contributed by atoms with Crippen LogP contribution in [0.2, 0.25) is 0 Å². The largest absolute Gasteiger partial charge is 0.480 e. The molecule has 1 aliphatic rings. The molecule has 1 fully saturated rings. The van der Waals surface area contributed by atoms with Gasteiger partial charge in [-0.25, -0.2) is 0 Å². The van der Waals surface area contributed by atoms with Crippen LogP contribution in [0.15, 0.2) is 0 Å². The normalized spacial score (nSPS) is 27.1. The molecule has 0 aromatic carbocycles. The molecule has 2 atom stereocenters. The Bertz CT molecular complexity index is 184. The maximum absolute atomic E-state index is 10.5. The predicted octanol–water partition coefficient (Wildman–Crippen LogP) is 0.130. The molecule has 1 aliphatic heterocycles. The molecule has 0 saturated carbocycles. The second-order valence-corrected chi connectivity index (χ2v) is 3.95. The van der Waals surface area contributed by atoms with Crippen LogP contribution < -0.4 is 5.73 Å². The molecule has 2 unspecified atom stereocenters. The van der Waals surface area contributed by atoms with Gasteiger partial charge >= 0.3 is 5.97 Å². The van der Waals surface area contributed by atoms with E-state index in [2.05, 4.69) is 11.9 Å². The van der Waals surface area contributed by atoms with Crippen molar-refractivity contribution in [3.8, 4) is 0 Å². The molecule has 0 aromatic rings. The van der Waals surface area contributed by atoms with Crippen molar-refractivity contribution in [3.63, 3.8) is 0 Å². The van der Waals surface area contributed by atoms with Crippen LogP contribution in [0, 0.1) is 5.92 Å². The van der Waals surface area contributed by atoms with E-state index in [0.717, 1.165) is 25.9 Å². The molecule has 76 valence electrons. The van der Waals surface area contributed by atoms with Gasteiger partial charge in [-0.15, -0.1) is 0 Å². The average Bonchev–Trinajstić information content (AvgIpc) is 2.04. The van der Waals surface area contributed by atoms with Gasteiger partial charge in [0.2, 0.25) is 0 Å². The fourth-order valence-electron chi connectivity index (χ4n) is 1.93. The minimum atomic E-state index is -0.881. The van der Waals surface area contributed by atoms with Crippen LogP contribution in [0.3, 0.4) is 0 Å². The average molecular weight is 186 g/mol. The number of rotatable bonds is 3. The Morgan fingerprint density at radius 2 is 2.46 bits per heavy atom. The van der Waals surface area contributed by atoms with Crippen LogP contribution in [0.25, 0.3) is 0 Å². The Morgan fingerprint density at radius 1 is 1.77 bits per heavy atom. The van der Waals surface area contributed by atoms with Gasteiger partial charge in [0.15, 0.2) is 0 Å². The standard InChI is InChI=1S/C9H18N2O2/c1-11-4-2-3-7(6-11)5-8(10)9(12)13/h7-8H,2-6,10H2,1H3,(H,12,13). The zero-order valence-corrected chi connectivity index (χ0v) is 8.07. The molecule has 0 amide bonds. The lowest BCUT2D eigenvalue weighted by Crippen LogP contribution is -2.38. The van der Waals surface area contributed by atoms with Crippen molar-refractivity contribution >= 4 is 5.97 Å². The van der Waals surface area contributed by atoms with Gasteiger partial charge in [0.25, 0.3) is 0 Å². The molecule has 1 saturated heterocycles. The summed E-state index contributed by atoms with van der Waals surface area (Å²) in [6.45, 7) is 2.11. The second kappa shape index (κ2) is 4.58. The van der Waals surface area contributed by atoms with E-state index in [0.29, 0.717) is 12.3 Å². The van der Waals surface area contributed by atoms with Crippen molar-refractivity contribution in [3.05, 3.63) is 0 Å². The first-order valence-corrected chi connectivity index (χ1v) is 4.76. The first-order valence-electron chi connectivity index (χ1n) is 4.76. The number of carbonyl (C=O) groups is 1. The Hall–Kier alpha value is -0.610. The highest BCUT2D eigenvalue weighted by atomic mass is 16.4. The number of carboxylic acid groups (broad SMARTS) is 1. The van der Waals surface area contributed by atoms with Crippen LogP contribution in [-0.2, 0) is 4.79 Å². The van der Waals surface area contributed by atoms with Gasteiger partial charge in [0.05, 0.1) is 0 Å². The fraction of sp³-hybridized carbons (Fsp3) is 0.889. The lowest BCUT2D eigenvalue weighted by atomic mass is 9.92. The highest BCUT2D eigenvalue weighted by molar-refractivity contribution is 5.73. The summed E-state index contributed by atoms with van der Waals surface area (Å²) in [4.78, 5) is 12.8. The summed E-state index contributed by atoms with van der Waals surface area (Å²) in [7, 11) is 2.07. The van der Waals surface area contributed by atoms with Crippen molar-refractivity contribution in [2.24, 2.45) is 11.7 Å². The van der Waals surface area contributed by atoms with Gasteiger partial charge in [0, 0.05) is 6.54 Å². The highest BCUT2D eigenvalue weighted by Gasteiger charge is 2.22. The number of piperidine rings is 1. The fourth-order valence-corrected chi connectivity index (χ4v) is 1.93. The summed E-state index contributed by atoms with van der Waals surface area (Å²) in [6.07, 6.45) is 2.89. The minimum Gasteiger partial charge on any atom is -0.480 e. The number of aliphatic carboxylic acids is 1. The van der Waals surface area contributed by atoms with Crippen LogP contribution in [0.5, 0.6) is 0 Å². The van der Waals surface area contributed by atoms with E-state index in [1.54, 1.807) is 0 Å². The third-order valence-electron chi connectivity index (χ3n) is 2.63. The predicted molar refractivity (Wildman–Crippen MR) is 50.4 cm³/mol. The van der Waals surface area contributed by atoms with Crippen molar-refractivity contribution in [1.29, 1.82) is 0 Å². The zero-order valence-electron chi connectivity index (χ0n) is 8.07. The number of hydrogen-bond acceptors (Lipinski definition) is 3. The molecule has 4 heteroatoms. The number of nitrogens with two attached hydrogens (primary N) is 1. The summed E-state index contributed by atoms with van der Waals surface area (Å²) in [5.74, 6) is -0.418. The van der Waals surface area contributed by atoms with Crippen molar-refractivity contribution in [1.82, 2.24) is 4.90 Å². The molecule has 13 heavy (non-hydrogen) atoms. The Labute approximate surface area is 78.7 Å². The zero-order chi connectivity index (χ0) is 9.84. The van der Waals surface area contributed by atoms with Crippen LogP contribution in [0.1, 0.15) is 19.3 Å². The van der Waals surface area contributed by atoms with Crippen molar-refractivity contribution < 1.29 is 9.90 Å². The number of hydrogen-bond donors (Lipinski definition) is 2. The maximum Gasteiger partial charge on any atom is 0.320 e. The van der Waals surface area contributed by atoms with E-state index in [1.165, 1.54) is 0 Å². The number of nitrogens with zero attached hydrogens (tertiary/aromatic N) is 1. The summed E-state index contributed by atoms with van der Waals surface area (Å²) in [5.41, 5.74) is 5.47. The molecule has 4 nitrogen and oxygen atoms in total. The van der Waals surface area contributed by atoms with Crippen LogP contribution >= 0.6 is 0 Å². The first kappa shape index (κ1) is 10.5. The summed E-state index contributed by atoms with van der Waals surface area (Å²) in [5, 5.41) is 8.64. The quantitative estimate of drug-likeness (QED) is 0.657. The van der Waals surface area contributed by atoms with E-state index in [1.807, 2.05) is 0 Å². The Kier molecular flexibility index (Phi) is 3.69. The minimum absolute atomic E-state index is 0.463. The summed E-state index contributed by atoms with van der Waals surface area (Å²) < 4.78 is 0. The van der Waals surface area contributed by atoms with E-state index >= 15 is 0 Å². The van der Waals surface area contributed by atoms with Gasteiger partial charge in [-0.2, -0.15) is 0 Å². The lowest BCUT2D eigenvalue weighted by molar-refractivity contribution is -0.139. The first-order chi connectivity index (χ1) is 6.09. The molecule has 0 bridgehead atoms. The maximum atomic E-state index is 10.5. The topological polar surface area (TPSA) is 66.6 Å². The lowest BCUT2D eigenvalue weighted by Gasteiger charge is -2.30. The van der Waals surface area contributed by atoms with Gasteiger partial charge < -0.3 is 15.7 Å². The molecule has 0 spiro atoms. The third-order valence-corrected chi connectivity index (χ3v) is 2.63. The van der Waals surface area contributed by atoms with Gasteiger partial charge in [0.1, 0.15) is 6.04 Å². The van der Waals surface area contributed by atoms with Crippen molar-refractivity contribution in [2.75, 3.05) is 20.1 Å². The molecular formula is C9H18N2O2.